The topological polar surface area (TPSA) is 176 Å². The van der Waals surface area contributed by atoms with E-state index in [2.05, 4.69) is 14.0 Å². The lowest BCUT2D eigenvalue weighted by atomic mass is 11.4. The van der Waals surface area contributed by atoms with Crippen LogP contribution in [-0.2, 0) is 22.3 Å². The number of hydrazine groups is 1. The van der Waals surface area contributed by atoms with Crippen LogP contribution in [0.2, 0.25) is 0 Å². The van der Waals surface area contributed by atoms with Gasteiger partial charge in [0.05, 0.1) is 6.67 Å². The van der Waals surface area contributed by atoms with Gasteiger partial charge >= 0.3 is 23.4 Å². The maximum atomic E-state index is 11.0. The molecule has 11 nitrogen and oxygen atoms in total. The highest BCUT2D eigenvalue weighted by Gasteiger charge is 2.46. The first kappa shape index (κ1) is 13.4. The first-order valence-corrected chi connectivity index (χ1v) is 7.73. The first-order valence-electron chi connectivity index (χ1n) is 3.17. The Morgan fingerprint density at radius 2 is 1.53 bits per heavy atom. The van der Waals surface area contributed by atoms with Crippen LogP contribution in [0.3, 0.4) is 0 Å². The number of hydrogen-bond acceptors (Lipinski definition) is 6. The molecule has 90 valence electrons. The summed E-state index contributed by atoms with van der Waals surface area (Å²) in [6, 6.07) is 0. The minimum atomic E-state index is -5.31. The van der Waals surface area contributed by atoms with Crippen molar-refractivity contribution >= 4 is 23.4 Å². The van der Waals surface area contributed by atoms with Crippen LogP contribution in [0.5, 0.6) is 0 Å². The third-order valence-electron chi connectivity index (χ3n) is 1.02. The molecule has 15 heavy (non-hydrogen) atoms. The summed E-state index contributed by atoms with van der Waals surface area (Å²) >= 11 is 0. The second-order valence-electron chi connectivity index (χ2n) is 2.33. The number of phosphoric acid groups is 2. The zero-order valence-corrected chi connectivity index (χ0v) is 9.51. The molecule has 5 N–H and O–H groups in total. The molecule has 0 spiro atoms. The molecule has 0 amide bonds. The Hall–Kier alpha value is 0.370. The van der Waals surface area contributed by atoms with Gasteiger partial charge in [0.25, 0.3) is 0 Å². The zero-order chi connectivity index (χ0) is 11.9. The maximum absolute atomic E-state index is 11.0. The second kappa shape index (κ2) is 3.99. The number of nitrogens with one attached hydrogen (secondary N) is 1. The molecule has 0 radical (unpaired) electrons. The molecule has 0 saturated carbocycles. The molecule has 1 fully saturated rings. The fourth-order valence-corrected chi connectivity index (χ4v) is 3.85. The Bertz CT molecular complexity index is 381. The summed E-state index contributed by atoms with van der Waals surface area (Å²) in [6.07, 6.45) is 0. The van der Waals surface area contributed by atoms with Crippen LogP contribution in [0, 0.1) is 0 Å². The highest BCUT2D eigenvalue weighted by molar-refractivity contribution is 7.67. The minimum Gasteiger partial charge on any atom is -0.311 e. The molecule has 0 aromatic heterocycles. The molecule has 1 aliphatic rings. The highest BCUT2D eigenvalue weighted by Crippen LogP contribution is 2.67. The fraction of sp³-hybridized carbons (Fsp3) is 1.00. The standard InChI is InChI=1S/CH7N2O9P3/c4-13(5,3-1-2-3)11-15(9,10)12-14(6,7)8/h2H,1H2,(H,4,5)(H,9,10)(H2,6,7,8). The van der Waals surface area contributed by atoms with Crippen molar-refractivity contribution < 1.29 is 41.9 Å². The van der Waals surface area contributed by atoms with E-state index in [1.54, 1.807) is 0 Å². The zero-order valence-electron chi connectivity index (χ0n) is 6.83. The van der Waals surface area contributed by atoms with Crippen LogP contribution in [0.15, 0.2) is 0 Å². The SMILES string of the molecule is O=P(O)(O)OP(=O)(O)OP(=O)(O)N1CN1. The molecule has 3 atom stereocenters. The van der Waals surface area contributed by atoms with Crippen molar-refractivity contribution in [1.29, 1.82) is 0 Å². The van der Waals surface area contributed by atoms with Gasteiger partial charge in [0, 0.05) is 0 Å². The molecule has 0 aliphatic carbocycles. The molecule has 14 heteroatoms. The van der Waals surface area contributed by atoms with Crippen LogP contribution in [0.25, 0.3) is 0 Å². The van der Waals surface area contributed by atoms with Crippen molar-refractivity contribution in [3.8, 4) is 0 Å². The van der Waals surface area contributed by atoms with Gasteiger partial charge in [-0.3, -0.25) is 0 Å². The van der Waals surface area contributed by atoms with E-state index >= 15 is 0 Å². The molecule has 0 aromatic carbocycles. The van der Waals surface area contributed by atoms with Gasteiger partial charge in [-0.1, -0.05) is 0 Å². The van der Waals surface area contributed by atoms with Gasteiger partial charge in [0.15, 0.2) is 0 Å². The minimum absolute atomic E-state index is 0.0658. The normalized spacial score (nSPS) is 29.2. The van der Waals surface area contributed by atoms with Crippen LogP contribution >= 0.6 is 23.4 Å². The summed E-state index contributed by atoms with van der Waals surface area (Å²) in [6.45, 7) is -0.0658. The Labute approximate surface area is 83.0 Å². The largest absolute Gasteiger partial charge is 0.489 e. The molecule has 1 saturated heterocycles. The summed E-state index contributed by atoms with van der Waals surface area (Å²) in [7, 11) is -15.2. The lowest BCUT2D eigenvalue weighted by Gasteiger charge is -2.15. The van der Waals surface area contributed by atoms with Crippen LogP contribution in [-0.4, -0.2) is 31.0 Å². The van der Waals surface area contributed by atoms with Gasteiger partial charge in [0.2, 0.25) is 0 Å². The average molecular weight is 284 g/mol. The van der Waals surface area contributed by atoms with Gasteiger partial charge in [0.1, 0.15) is 0 Å². The Morgan fingerprint density at radius 3 is 1.87 bits per heavy atom. The van der Waals surface area contributed by atoms with E-state index in [4.69, 9.17) is 19.6 Å². The summed E-state index contributed by atoms with van der Waals surface area (Å²) in [4.78, 5) is 34.0. The van der Waals surface area contributed by atoms with Gasteiger partial charge < -0.3 is 19.6 Å². The van der Waals surface area contributed by atoms with E-state index in [9.17, 15) is 13.7 Å². The Morgan fingerprint density at radius 1 is 1.07 bits per heavy atom. The summed E-state index contributed by atoms with van der Waals surface area (Å²) in [5, 5.41) is 0. The van der Waals surface area contributed by atoms with E-state index in [-0.39, 0.29) is 6.67 Å². The first-order chi connectivity index (χ1) is 6.52. The molecule has 1 heterocycles. The van der Waals surface area contributed by atoms with E-state index in [1.807, 2.05) is 0 Å². The van der Waals surface area contributed by atoms with Crippen molar-refractivity contribution in [3.63, 3.8) is 0 Å². The number of hydrogen-bond donors (Lipinski definition) is 5. The van der Waals surface area contributed by atoms with Crippen molar-refractivity contribution in [2.75, 3.05) is 6.67 Å². The Balaban J connectivity index is 2.67. The van der Waals surface area contributed by atoms with Crippen LogP contribution in [0.4, 0.5) is 0 Å². The Kier molecular flexibility index (Phi) is 3.57. The summed E-state index contributed by atoms with van der Waals surface area (Å²) in [5.74, 6) is 0. The van der Waals surface area contributed by atoms with Gasteiger partial charge in [-0.25, -0.2) is 19.1 Å². The molecule has 1 rings (SSSR count). The number of rotatable bonds is 5. The molecule has 3 unspecified atom stereocenters. The maximum Gasteiger partial charge on any atom is 0.489 e. The molecular weight excluding hydrogens is 277 g/mol. The molecule has 1 aliphatic heterocycles. The molecule has 0 aromatic rings. The second-order valence-corrected chi connectivity index (χ2v) is 7.02. The summed E-state index contributed by atoms with van der Waals surface area (Å²) in [5.41, 5.74) is 2.17. The van der Waals surface area contributed by atoms with E-state index in [1.165, 1.54) is 0 Å². The predicted molar refractivity (Wildman–Crippen MR) is 43.7 cm³/mol. The monoisotopic (exact) mass is 284 g/mol. The van der Waals surface area contributed by atoms with Gasteiger partial charge in [-0.15, -0.1) is 4.78 Å². The third-order valence-corrected chi connectivity index (χ3v) is 5.27. The van der Waals surface area contributed by atoms with E-state index in [0.717, 1.165) is 0 Å². The predicted octanol–water partition coefficient (Wildman–Crippen LogP) is -0.909. The lowest BCUT2D eigenvalue weighted by molar-refractivity contribution is 0.216. The van der Waals surface area contributed by atoms with Crippen molar-refractivity contribution in [3.05, 3.63) is 0 Å². The van der Waals surface area contributed by atoms with Crippen molar-refractivity contribution in [1.82, 2.24) is 10.2 Å². The number of nitrogens with zero attached hydrogens (tertiary/aromatic N) is 1. The third kappa shape index (κ3) is 4.81. The van der Waals surface area contributed by atoms with Gasteiger partial charge in [-0.2, -0.15) is 8.62 Å². The van der Waals surface area contributed by atoms with Gasteiger partial charge in [-0.05, 0) is 0 Å². The summed E-state index contributed by atoms with van der Waals surface area (Å²) < 4.78 is 39.6. The fourth-order valence-electron chi connectivity index (χ4n) is 0.538. The van der Waals surface area contributed by atoms with Crippen molar-refractivity contribution in [2.24, 2.45) is 0 Å². The van der Waals surface area contributed by atoms with E-state index in [0.29, 0.717) is 4.78 Å². The molecule has 0 bridgehead atoms. The van der Waals surface area contributed by atoms with Crippen LogP contribution in [0.1, 0.15) is 0 Å². The van der Waals surface area contributed by atoms with Crippen molar-refractivity contribution in [2.45, 2.75) is 0 Å². The lowest BCUT2D eigenvalue weighted by Crippen LogP contribution is -2.01. The quantitative estimate of drug-likeness (QED) is 0.312. The highest BCUT2D eigenvalue weighted by atomic mass is 31.3. The average Bonchev–Trinajstić information content (AvgIpc) is 2.53. The van der Waals surface area contributed by atoms with E-state index < -0.39 is 23.4 Å². The smallest absolute Gasteiger partial charge is 0.311 e. The van der Waals surface area contributed by atoms with Crippen LogP contribution < -0.4 is 5.43 Å². The molecular formula is CH7N2O9P3.